The van der Waals surface area contributed by atoms with E-state index in [4.69, 9.17) is 4.84 Å². The number of rotatable bonds is 5. The number of nitrogens with zero attached hydrogens (tertiary/aromatic N) is 1. The molecule has 2 aromatic carbocycles. The Morgan fingerprint density at radius 3 is 2.40 bits per heavy atom. The minimum absolute atomic E-state index is 0.616. The summed E-state index contributed by atoms with van der Waals surface area (Å²) in [6.07, 6.45) is 0. The Bertz CT molecular complexity index is 940. The van der Waals surface area contributed by atoms with Gasteiger partial charge in [0.15, 0.2) is 0 Å². The average molecular weight is 336 g/mol. The molecule has 0 radical (unpaired) electrons. The molecular weight excluding hydrogens is 316 g/mol. The fraction of sp³-hybridized carbons (Fsp3) is 0.200. The molecule has 0 saturated carbocycles. The van der Waals surface area contributed by atoms with Crippen LogP contribution in [0.25, 0.3) is 22.2 Å². The van der Waals surface area contributed by atoms with E-state index in [0.29, 0.717) is 5.71 Å². The Balaban J connectivity index is 2.12. The number of hydrogen-bond donors (Lipinski definition) is 2. The summed E-state index contributed by atoms with van der Waals surface area (Å²) in [5.74, 6) is -1.06. The number of aromatic nitrogens is 1. The molecule has 128 valence electrons. The van der Waals surface area contributed by atoms with Gasteiger partial charge in [-0.25, -0.2) is 4.79 Å². The molecule has 3 rings (SSSR count). The standard InChI is InChI=1S/C20H20N2O3/c1-13(22-25-20(2,3)19(23)24)17-15-11-7-8-12-16(15)21-18(17)14-9-5-4-6-10-14/h4-12,21H,1-3H3,(H,23,24). The molecule has 0 atom stereocenters. The van der Waals surface area contributed by atoms with Crippen LogP contribution in [0.15, 0.2) is 59.8 Å². The van der Waals surface area contributed by atoms with E-state index in [-0.39, 0.29) is 0 Å². The molecule has 0 bridgehead atoms. The lowest BCUT2D eigenvalue weighted by Gasteiger charge is -2.17. The van der Waals surface area contributed by atoms with Crippen molar-refractivity contribution < 1.29 is 14.7 Å². The molecule has 0 unspecified atom stereocenters. The number of aromatic amines is 1. The molecule has 5 heteroatoms. The number of hydrogen-bond acceptors (Lipinski definition) is 3. The van der Waals surface area contributed by atoms with Crippen LogP contribution in [0.1, 0.15) is 26.3 Å². The van der Waals surface area contributed by atoms with Gasteiger partial charge < -0.3 is 14.9 Å². The maximum Gasteiger partial charge on any atom is 0.350 e. The Hall–Kier alpha value is -3.08. The van der Waals surface area contributed by atoms with Gasteiger partial charge in [0, 0.05) is 16.5 Å². The number of para-hydroxylation sites is 1. The van der Waals surface area contributed by atoms with E-state index < -0.39 is 11.6 Å². The van der Waals surface area contributed by atoms with Crippen molar-refractivity contribution in [3.05, 3.63) is 60.2 Å². The van der Waals surface area contributed by atoms with Crippen LogP contribution in [0.3, 0.4) is 0 Å². The van der Waals surface area contributed by atoms with Crippen molar-refractivity contribution in [2.45, 2.75) is 26.4 Å². The number of carbonyl (C=O) groups is 1. The van der Waals surface area contributed by atoms with Crippen LogP contribution in [-0.4, -0.2) is 27.4 Å². The summed E-state index contributed by atoms with van der Waals surface area (Å²) in [6.45, 7) is 4.76. The molecule has 0 saturated heterocycles. The van der Waals surface area contributed by atoms with Gasteiger partial charge in [0.25, 0.3) is 0 Å². The van der Waals surface area contributed by atoms with Crippen LogP contribution in [0, 0.1) is 0 Å². The summed E-state index contributed by atoms with van der Waals surface area (Å²) >= 11 is 0. The average Bonchev–Trinajstić information content (AvgIpc) is 3.00. The second-order valence-electron chi connectivity index (χ2n) is 6.37. The quantitative estimate of drug-likeness (QED) is 0.534. The third kappa shape index (κ3) is 3.26. The summed E-state index contributed by atoms with van der Waals surface area (Å²) in [6, 6.07) is 17.9. The van der Waals surface area contributed by atoms with Gasteiger partial charge in [-0.15, -0.1) is 0 Å². The van der Waals surface area contributed by atoms with Gasteiger partial charge in [-0.05, 0) is 32.4 Å². The summed E-state index contributed by atoms with van der Waals surface area (Å²) in [5, 5.41) is 14.3. The molecule has 25 heavy (non-hydrogen) atoms. The first-order valence-corrected chi connectivity index (χ1v) is 8.03. The minimum atomic E-state index is -1.39. The van der Waals surface area contributed by atoms with Crippen molar-refractivity contribution in [1.29, 1.82) is 0 Å². The van der Waals surface area contributed by atoms with E-state index in [1.807, 2.05) is 61.5 Å². The summed E-state index contributed by atoms with van der Waals surface area (Å²) < 4.78 is 0. The van der Waals surface area contributed by atoms with Gasteiger partial charge >= 0.3 is 5.97 Å². The van der Waals surface area contributed by atoms with Gasteiger partial charge in [0.1, 0.15) is 0 Å². The van der Waals surface area contributed by atoms with Crippen molar-refractivity contribution >= 4 is 22.6 Å². The Morgan fingerprint density at radius 1 is 1.08 bits per heavy atom. The number of H-pyrrole nitrogens is 1. The maximum atomic E-state index is 11.2. The van der Waals surface area contributed by atoms with E-state index in [2.05, 4.69) is 10.1 Å². The fourth-order valence-electron chi connectivity index (χ4n) is 2.61. The topological polar surface area (TPSA) is 74.7 Å². The highest BCUT2D eigenvalue weighted by Gasteiger charge is 2.30. The number of aliphatic carboxylic acids is 1. The Morgan fingerprint density at radius 2 is 1.72 bits per heavy atom. The molecule has 0 aliphatic heterocycles. The summed E-state index contributed by atoms with van der Waals surface area (Å²) in [7, 11) is 0. The van der Waals surface area contributed by atoms with Crippen molar-refractivity contribution in [2.75, 3.05) is 0 Å². The van der Waals surface area contributed by atoms with Gasteiger partial charge in [0.05, 0.1) is 11.4 Å². The first kappa shape index (κ1) is 16.8. The minimum Gasteiger partial charge on any atom is -0.478 e. The fourth-order valence-corrected chi connectivity index (χ4v) is 2.61. The highest BCUT2D eigenvalue weighted by atomic mass is 16.7. The van der Waals surface area contributed by atoms with Crippen molar-refractivity contribution in [1.82, 2.24) is 4.98 Å². The van der Waals surface area contributed by atoms with Crippen LogP contribution < -0.4 is 0 Å². The molecule has 1 aromatic heterocycles. The highest BCUT2D eigenvalue weighted by molar-refractivity contribution is 6.14. The number of benzene rings is 2. The lowest BCUT2D eigenvalue weighted by atomic mass is 10.0. The first-order chi connectivity index (χ1) is 11.9. The number of fused-ring (bicyclic) bond motifs is 1. The van der Waals surface area contributed by atoms with Gasteiger partial charge in [-0.3, -0.25) is 0 Å². The molecular formula is C20H20N2O3. The lowest BCUT2D eigenvalue weighted by molar-refractivity contribution is -0.161. The van der Waals surface area contributed by atoms with Crippen LogP contribution in [0.4, 0.5) is 0 Å². The number of carboxylic acid groups (broad SMARTS) is 1. The normalized spacial score (nSPS) is 12.4. The first-order valence-electron chi connectivity index (χ1n) is 8.03. The number of nitrogens with one attached hydrogen (secondary N) is 1. The van der Waals surface area contributed by atoms with Crippen molar-refractivity contribution in [3.63, 3.8) is 0 Å². The van der Waals surface area contributed by atoms with E-state index in [1.165, 1.54) is 13.8 Å². The van der Waals surface area contributed by atoms with Crippen LogP contribution in [0.2, 0.25) is 0 Å². The Kier molecular flexibility index (Phi) is 4.31. The molecule has 0 fully saturated rings. The summed E-state index contributed by atoms with van der Waals surface area (Å²) in [4.78, 5) is 19.9. The highest BCUT2D eigenvalue weighted by Crippen LogP contribution is 2.31. The zero-order valence-corrected chi connectivity index (χ0v) is 14.4. The zero-order chi connectivity index (χ0) is 18.0. The van der Waals surface area contributed by atoms with Gasteiger partial charge in [-0.2, -0.15) is 0 Å². The Labute approximate surface area is 145 Å². The second-order valence-corrected chi connectivity index (χ2v) is 6.37. The lowest BCUT2D eigenvalue weighted by Crippen LogP contribution is -2.33. The largest absolute Gasteiger partial charge is 0.478 e. The second kappa shape index (κ2) is 6.43. The molecule has 5 nitrogen and oxygen atoms in total. The van der Waals surface area contributed by atoms with Gasteiger partial charge in [-0.1, -0.05) is 53.7 Å². The van der Waals surface area contributed by atoms with Crippen LogP contribution in [-0.2, 0) is 9.63 Å². The van der Waals surface area contributed by atoms with Crippen LogP contribution >= 0.6 is 0 Å². The molecule has 0 aliphatic carbocycles. The maximum absolute atomic E-state index is 11.2. The monoisotopic (exact) mass is 336 g/mol. The molecule has 1 heterocycles. The molecule has 0 aliphatic rings. The number of oxime groups is 1. The predicted octanol–water partition coefficient (Wildman–Crippen LogP) is 4.44. The van der Waals surface area contributed by atoms with E-state index in [9.17, 15) is 9.90 Å². The van der Waals surface area contributed by atoms with Crippen molar-refractivity contribution in [3.8, 4) is 11.3 Å². The van der Waals surface area contributed by atoms with E-state index in [1.54, 1.807) is 0 Å². The smallest absolute Gasteiger partial charge is 0.350 e. The van der Waals surface area contributed by atoms with Crippen LogP contribution in [0.5, 0.6) is 0 Å². The van der Waals surface area contributed by atoms with Crippen molar-refractivity contribution in [2.24, 2.45) is 5.16 Å². The molecule has 0 amide bonds. The zero-order valence-electron chi connectivity index (χ0n) is 14.4. The molecule has 2 N–H and O–H groups in total. The molecule has 3 aromatic rings. The van der Waals surface area contributed by atoms with Gasteiger partial charge in [0.2, 0.25) is 5.60 Å². The van der Waals surface area contributed by atoms with E-state index >= 15 is 0 Å². The summed E-state index contributed by atoms with van der Waals surface area (Å²) in [5.41, 5.74) is 3.08. The van der Waals surface area contributed by atoms with E-state index in [0.717, 1.165) is 27.7 Å². The SMILES string of the molecule is CC(=NOC(C)(C)C(=O)O)c1c(-c2ccccc2)[nH]c2ccccc12. The third-order valence-corrected chi connectivity index (χ3v) is 4.06. The predicted molar refractivity (Wildman–Crippen MR) is 98.7 cm³/mol. The number of carboxylic acids is 1. The third-order valence-electron chi connectivity index (χ3n) is 4.06. The molecule has 0 spiro atoms.